The second-order valence-electron chi connectivity index (χ2n) is 8.76. The number of aliphatic hydroxyl groups excluding tert-OH is 1. The van der Waals surface area contributed by atoms with E-state index < -0.39 is 12.2 Å². The highest BCUT2D eigenvalue weighted by Crippen LogP contribution is 2.39. The molecule has 3 heterocycles. The number of likely N-dealkylation sites (tertiary alicyclic amines) is 2. The second kappa shape index (κ2) is 8.32. The molecule has 29 heavy (non-hydrogen) atoms. The molecule has 1 N–H and O–H groups in total. The number of amides is 2. The van der Waals surface area contributed by atoms with Crippen LogP contribution in [0.15, 0.2) is 24.3 Å². The number of aryl methyl sites for hydroxylation is 1. The maximum absolute atomic E-state index is 12.8. The summed E-state index contributed by atoms with van der Waals surface area (Å²) in [7, 11) is 0. The fourth-order valence-corrected chi connectivity index (χ4v) is 5.01. The Morgan fingerprint density at radius 2 is 2.07 bits per heavy atom. The van der Waals surface area contributed by atoms with Crippen molar-refractivity contribution in [3.8, 4) is 0 Å². The van der Waals surface area contributed by atoms with E-state index in [0.29, 0.717) is 26.2 Å². The molecular weight excluding hydrogens is 370 g/mol. The average molecular weight is 402 g/mol. The van der Waals surface area contributed by atoms with Gasteiger partial charge in [0, 0.05) is 38.1 Å². The zero-order valence-corrected chi connectivity index (χ0v) is 17.2. The van der Waals surface area contributed by atoms with Gasteiger partial charge in [-0.25, -0.2) is 4.79 Å². The molecule has 0 saturated carbocycles. The van der Waals surface area contributed by atoms with Crippen LogP contribution in [-0.2, 0) is 16.1 Å². The molecule has 3 fully saturated rings. The summed E-state index contributed by atoms with van der Waals surface area (Å²) in [6.45, 7) is 6.79. The van der Waals surface area contributed by atoms with Crippen LogP contribution >= 0.6 is 0 Å². The number of nitrogens with zero attached hydrogens (tertiary/aromatic N) is 3. The molecule has 0 aliphatic carbocycles. The molecule has 158 valence electrons. The third-order valence-electron chi connectivity index (χ3n) is 6.75. The van der Waals surface area contributed by atoms with Gasteiger partial charge in [-0.3, -0.25) is 14.6 Å². The Morgan fingerprint density at radius 1 is 1.24 bits per heavy atom. The van der Waals surface area contributed by atoms with Crippen LogP contribution in [0, 0.1) is 12.3 Å². The van der Waals surface area contributed by atoms with E-state index in [2.05, 4.69) is 36.1 Å². The first-order chi connectivity index (χ1) is 14.0. The highest BCUT2D eigenvalue weighted by molar-refractivity contribution is 5.83. The van der Waals surface area contributed by atoms with Crippen molar-refractivity contribution in [1.82, 2.24) is 14.7 Å². The van der Waals surface area contributed by atoms with Gasteiger partial charge in [0.05, 0.1) is 12.6 Å². The van der Waals surface area contributed by atoms with Gasteiger partial charge < -0.3 is 14.7 Å². The van der Waals surface area contributed by atoms with Gasteiger partial charge in [0.25, 0.3) is 0 Å². The number of benzene rings is 1. The minimum Gasteiger partial charge on any atom is -0.448 e. The SMILES string of the molecule is Cc1ccccc1CN1CCC(O)[C@]2(CCCN(C(=O)CN3CCOC3=O)C2)C1. The Labute approximate surface area is 172 Å². The standard InChI is InChI=1S/C22H31N3O4/c1-17-5-2-3-6-18(17)13-23-10-7-19(26)22(15-23)8-4-9-25(16-22)20(27)14-24-11-12-29-21(24)28/h2-3,5-6,19,26H,4,7-16H2,1H3/t19?,22-/m1/s1. The number of rotatable bonds is 4. The van der Waals surface area contributed by atoms with E-state index in [-0.39, 0.29) is 17.9 Å². The lowest BCUT2D eigenvalue weighted by Gasteiger charge is -2.51. The minimum atomic E-state index is -0.410. The number of hydrogen-bond acceptors (Lipinski definition) is 5. The van der Waals surface area contributed by atoms with Crippen molar-refractivity contribution < 1.29 is 19.4 Å². The summed E-state index contributed by atoms with van der Waals surface area (Å²) in [6.07, 6.45) is 1.72. The van der Waals surface area contributed by atoms with Crippen LogP contribution in [0.5, 0.6) is 0 Å². The first-order valence-corrected chi connectivity index (χ1v) is 10.6. The number of aliphatic hydroxyl groups is 1. The van der Waals surface area contributed by atoms with E-state index in [1.54, 1.807) is 0 Å². The van der Waals surface area contributed by atoms with E-state index in [9.17, 15) is 14.7 Å². The molecule has 4 rings (SSSR count). The lowest BCUT2D eigenvalue weighted by atomic mass is 9.71. The average Bonchev–Trinajstić information content (AvgIpc) is 3.11. The smallest absolute Gasteiger partial charge is 0.410 e. The lowest BCUT2D eigenvalue weighted by Crippen LogP contribution is -2.60. The summed E-state index contributed by atoms with van der Waals surface area (Å²) >= 11 is 0. The van der Waals surface area contributed by atoms with E-state index in [1.165, 1.54) is 16.0 Å². The van der Waals surface area contributed by atoms with Gasteiger partial charge >= 0.3 is 6.09 Å². The molecule has 0 radical (unpaired) electrons. The highest BCUT2D eigenvalue weighted by atomic mass is 16.6. The molecule has 3 saturated heterocycles. The zero-order chi connectivity index (χ0) is 20.4. The number of carbonyl (C=O) groups is 2. The summed E-state index contributed by atoms with van der Waals surface area (Å²) in [5.41, 5.74) is 2.31. The van der Waals surface area contributed by atoms with Crippen LogP contribution in [0.3, 0.4) is 0 Å². The van der Waals surface area contributed by atoms with Gasteiger partial charge in [0.1, 0.15) is 13.2 Å². The molecule has 1 aromatic rings. The van der Waals surface area contributed by atoms with Gasteiger partial charge in [0.15, 0.2) is 0 Å². The van der Waals surface area contributed by atoms with Crippen molar-refractivity contribution in [1.29, 1.82) is 0 Å². The summed E-state index contributed by atoms with van der Waals surface area (Å²) in [5.74, 6) is -0.0499. The maximum atomic E-state index is 12.8. The summed E-state index contributed by atoms with van der Waals surface area (Å²) in [4.78, 5) is 30.2. The molecule has 0 aromatic heterocycles. The molecule has 1 aromatic carbocycles. The Bertz CT molecular complexity index is 770. The summed E-state index contributed by atoms with van der Waals surface area (Å²) in [5, 5.41) is 10.9. The van der Waals surface area contributed by atoms with Gasteiger partial charge in [-0.2, -0.15) is 0 Å². The second-order valence-corrected chi connectivity index (χ2v) is 8.76. The van der Waals surface area contributed by atoms with Gasteiger partial charge in [-0.15, -0.1) is 0 Å². The van der Waals surface area contributed by atoms with Gasteiger partial charge in [-0.1, -0.05) is 24.3 Å². The number of piperidine rings is 2. The van der Waals surface area contributed by atoms with Crippen LogP contribution < -0.4 is 0 Å². The lowest BCUT2D eigenvalue weighted by molar-refractivity contribution is -0.142. The monoisotopic (exact) mass is 401 g/mol. The Morgan fingerprint density at radius 3 is 2.83 bits per heavy atom. The van der Waals surface area contributed by atoms with Gasteiger partial charge in [-0.05, 0) is 37.3 Å². The molecule has 2 amide bonds. The highest BCUT2D eigenvalue weighted by Gasteiger charge is 2.46. The van der Waals surface area contributed by atoms with Crippen molar-refractivity contribution >= 4 is 12.0 Å². The topological polar surface area (TPSA) is 73.3 Å². The van der Waals surface area contributed by atoms with Crippen LogP contribution in [0.4, 0.5) is 4.79 Å². The molecular formula is C22H31N3O4. The van der Waals surface area contributed by atoms with E-state index in [4.69, 9.17) is 4.74 Å². The molecule has 0 bridgehead atoms. The van der Waals surface area contributed by atoms with Crippen LogP contribution in [-0.4, -0.2) is 83.8 Å². The number of ether oxygens (including phenoxy) is 1. The van der Waals surface area contributed by atoms with Crippen LogP contribution in [0.25, 0.3) is 0 Å². The van der Waals surface area contributed by atoms with Crippen molar-refractivity contribution in [2.45, 2.75) is 38.8 Å². The molecule has 1 spiro atoms. The largest absolute Gasteiger partial charge is 0.448 e. The quantitative estimate of drug-likeness (QED) is 0.830. The molecule has 7 nitrogen and oxygen atoms in total. The third kappa shape index (κ3) is 4.26. The predicted octanol–water partition coefficient (Wildman–Crippen LogP) is 1.62. The maximum Gasteiger partial charge on any atom is 0.410 e. The Balaban J connectivity index is 1.43. The minimum absolute atomic E-state index is 0.0499. The Hall–Kier alpha value is -2.12. The van der Waals surface area contributed by atoms with Crippen molar-refractivity contribution in [3.63, 3.8) is 0 Å². The first-order valence-electron chi connectivity index (χ1n) is 10.6. The van der Waals surface area contributed by atoms with E-state index in [0.717, 1.165) is 38.9 Å². The van der Waals surface area contributed by atoms with Crippen LogP contribution in [0.1, 0.15) is 30.4 Å². The van der Waals surface area contributed by atoms with Crippen LogP contribution in [0.2, 0.25) is 0 Å². The van der Waals surface area contributed by atoms with E-state index >= 15 is 0 Å². The molecule has 2 atom stereocenters. The molecule has 7 heteroatoms. The molecule has 1 unspecified atom stereocenters. The first kappa shape index (κ1) is 20.2. The fourth-order valence-electron chi connectivity index (χ4n) is 5.01. The fraction of sp³-hybridized carbons (Fsp3) is 0.636. The summed E-state index contributed by atoms with van der Waals surface area (Å²) < 4.78 is 4.93. The predicted molar refractivity (Wildman–Crippen MR) is 108 cm³/mol. The van der Waals surface area contributed by atoms with E-state index in [1.807, 2.05) is 4.90 Å². The molecule has 3 aliphatic heterocycles. The normalized spacial score (nSPS) is 28.1. The molecule has 3 aliphatic rings. The zero-order valence-electron chi connectivity index (χ0n) is 17.2. The van der Waals surface area contributed by atoms with Crippen molar-refractivity contribution in [2.75, 3.05) is 45.9 Å². The van der Waals surface area contributed by atoms with Crippen molar-refractivity contribution in [2.24, 2.45) is 5.41 Å². The number of carbonyl (C=O) groups excluding carboxylic acids is 2. The number of hydrogen-bond donors (Lipinski definition) is 1. The third-order valence-corrected chi connectivity index (χ3v) is 6.75. The Kier molecular flexibility index (Phi) is 5.79. The summed E-state index contributed by atoms with van der Waals surface area (Å²) in [6, 6.07) is 8.43. The van der Waals surface area contributed by atoms with Crippen molar-refractivity contribution in [3.05, 3.63) is 35.4 Å². The van der Waals surface area contributed by atoms with Gasteiger partial charge in [0.2, 0.25) is 5.91 Å². The number of cyclic esters (lactones) is 1.